The molecule has 1 aliphatic rings. The Morgan fingerprint density at radius 1 is 1.24 bits per heavy atom. The van der Waals surface area contributed by atoms with Crippen molar-refractivity contribution in [3.05, 3.63) is 35.6 Å². The first-order chi connectivity index (χ1) is 12.1. The first kappa shape index (κ1) is 20.0. The van der Waals surface area contributed by atoms with Crippen LogP contribution in [0.1, 0.15) is 18.5 Å². The van der Waals surface area contributed by atoms with Crippen molar-refractivity contribution in [1.82, 2.24) is 15.5 Å². The second-order valence-corrected chi connectivity index (χ2v) is 7.37. The van der Waals surface area contributed by atoms with E-state index in [-0.39, 0.29) is 11.9 Å². The van der Waals surface area contributed by atoms with E-state index in [9.17, 15) is 4.39 Å². The van der Waals surface area contributed by atoms with Gasteiger partial charge in [-0.1, -0.05) is 19.1 Å². The molecule has 140 valence electrons. The van der Waals surface area contributed by atoms with Crippen LogP contribution in [0.2, 0.25) is 0 Å². The Balaban J connectivity index is 2.01. The van der Waals surface area contributed by atoms with E-state index >= 15 is 0 Å². The van der Waals surface area contributed by atoms with Crippen LogP contribution in [0.4, 0.5) is 4.39 Å². The van der Waals surface area contributed by atoms with Gasteiger partial charge in [-0.15, -0.1) is 0 Å². The summed E-state index contributed by atoms with van der Waals surface area (Å²) in [6.07, 6.45) is 2.10. The Bertz CT molecular complexity index is 534. The SMILES string of the molecule is CN=C(NCC(C)SC)NCC(c1ccc(F)cc1)N1CCOCC1. The number of halogens is 1. The van der Waals surface area contributed by atoms with E-state index in [1.807, 2.05) is 23.9 Å². The Hall–Kier alpha value is -1.31. The lowest BCUT2D eigenvalue weighted by atomic mass is 10.0. The van der Waals surface area contributed by atoms with Crippen LogP contribution in [0, 0.1) is 5.82 Å². The molecule has 1 heterocycles. The maximum atomic E-state index is 13.3. The zero-order valence-corrected chi connectivity index (χ0v) is 16.1. The maximum absolute atomic E-state index is 13.3. The number of nitrogens with one attached hydrogen (secondary N) is 2. The molecule has 0 saturated carbocycles. The van der Waals surface area contributed by atoms with Gasteiger partial charge in [0, 0.05) is 38.5 Å². The fourth-order valence-electron chi connectivity index (χ4n) is 2.77. The number of thioether (sulfide) groups is 1. The number of guanidine groups is 1. The molecule has 0 spiro atoms. The number of hydrogen-bond donors (Lipinski definition) is 2. The average Bonchev–Trinajstić information content (AvgIpc) is 2.66. The van der Waals surface area contributed by atoms with E-state index in [4.69, 9.17) is 4.74 Å². The lowest BCUT2D eigenvalue weighted by molar-refractivity contribution is 0.0170. The lowest BCUT2D eigenvalue weighted by Crippen LogP contribution is -2.47. The largest absolute Gasteiger partial charge is 0.379 e. The van der Waals surface area contributed by atoms with Crippen LogP contribution in [0.25, 0.3) is 0 Å². The number of hydrogen-bond acceptors (Lipinski definition) is 4. The van der Waals surface area contributed by atoms with Crippen LogP contribution in [0.3, 0.4) is 0 Å². The first-order valence-electron chi connectivity index (χ1n) is 8.68. The van der Waals surface area contributed by atoms with E-state index in [1.54, 1.807) is 7.05 Å². The fraction of sp³-hybridized carbons (Fsp3) is 0.611. The normalized spacial score (nSPS) is 18.6. The lowest BCUT2D eigenvalue weighted by Gasteiger charge is -2.35. The predicted octanol–water partition coefficient (Wildman–Crippen LogP) is 2.12. The van der Waals surface area contributed by atoms with E-state index in [2.05, 4.69) is 33.7 Å². The molecule has 25 heavy (non-hydrogen) atoms. The molecule has 0 aromatic heterocycles. The Morgan fingerprint density at radius 2 is 1.88 bits per heavy atom. The second-order valence-electron chi connectivity index (χ2n) is 6.10. The van der Waals surface area contributed by atoms with Crippen LogP contribution in [-0.4, -0.2) is 68.8 Å². The van der Waals surface area contributed by atoms with E-state index in [0.717, 1.165) is 44.4 Å². The summed E-state index contributed by atoms with van der Waals surface area (Å²) in [5, 5.41) is 7.29. The molecule has 2 atom stereocenters. The van der Waals surface area contributed by atoms with E-state index in [0.29, 0.717) is 11.8 Å². The van der Waals surface area contributed by atoms with Crippen molar-refractivity contribution in [3.63, 3.8) is 0 Å². The minimum absolute atomic E-state index is 0.154. The second kappa shape index (κ2) is 10.6. The van der Waals surface area contributed by atoms with Gasteiger partial charge >= 0.3 is 0 Å². The summed E-state index contributed by atoms with van der Waals surface area (Å²) in [7, 11) is 1.78. The molecule has 2 rings (SSSR count). The number of nitrogens with zero attached hydrogens (tertiary/aromatic N) is 2. The van der Waals surface area contributed by atoms with Gasteiger partial charge < -0.3 is 15.4 Å². The molecule has 7 heteroatoms. The minimum atomic E-state index is -0.207. The van der Waals surface area contributed by atoms with Crippen molar-refractivity contribution in [3.8, 4) is 0 Å². The average molecular weight is 369 g/mol. The summed E-state index contributed by atoms with van der Waals surface area (Å²) >= 11 is 1.82. The van der Waals surface area contributed by atoms with E-state index < -0.39 is 0 Å². The van der Waals surface area contributed by atoms with Crippen molar-refractivity contribution in [1.29, 1.82) is 0 Å². The van der Waals surface area contributed by atoms with Crippen molar-refractivity contribution in [2.45, 2.75) is 18.2 Å². The summed E-state index contributed by atoms with van der Waals surface area (Å²) in [6, 6.07) is 6.93. The third-order valence-electron chi connectivity index (χ3n) is 4.39. The fourth-order valence-corrected chi connectivity index (χ4v) is 3.02. The Kier molecular flexibility index (Phi) is 8.51. The van der Waals surface area contributed by atoms with Crippen LogP contribution in [0.15, 0.2) is 29.3 Å². The van der Waals surface area contributed by atoms with Crippen molar-refractivity contribution >= 4 is 17.7 Å². The molecule has 2 N–H and O–H groups in total. The molecule has 2 unspecified atom stereocenters. The van der Waals surface area contributed by atoms with Gasteiger partial charge in [0.2, 0.25) is 0 Å². The maximum Gasteiger partial charge on any atom is 0.191 e. The van der Waals surface area contributed by atoms with Gasteiger partial charge in [0.05, 0.1) is 19.3 Å². The van der Waals surface area contributed by atoms with Crippen LogP contribution in [-0.2, 0) is 4.74 Å². The van der Waals surface area contributed by atoms with Crippen LogP contribution < -0.4 is 10.6 Å². The molecule has 0 bridgehead atoms. The highest BCUT2D eigenvalue weighted by Gasteiger charge is 2.23. The van der Waals surface area contributed by atoms with E-state index in [1.165, 1.54) is 12.1 Å². The van der Waals surface area contributed by atoms with Gasteiger partial charge in [-0.2, -0.15) is 11.8 Å². The summed E-state index contributed by atoms with van der Waals surface area (Å²) in [5.74, 6) is 0.585. The number of ether oxygens (including phenoxy) is 1. The Morgan fingerprint density at radius 3 is 2.48 bits per heavy atom. The third-order valence-corrected chi connectivity index (χ3v) is 5.36. The molecule has 1 saturated heterocycles. The molecular weight excluding hydrogens is 339 g/mol. The van der Waals surface area contributed by atoms with Gasteiger partial charge in [-0.25, -0.2) is 4.39 Å². The summed E-state index contributed by atoms with van der Waals surface area (Å²) in [6.45, 7) is 6.96. The molecule has 1 fully saturated rings. The van der Waals surface area contributed by atoms with Gasteiger partial charge in [0.25, 0.3) is 0 Å². The highest BCUT2D eigenvalue weighted by molar-refractivity contribution is 7.99. The molecule has 1 aromatic carbocycles. The molecule has 0 aliphatic carbocycles. The third kappa shape index (κ3) is 6.49. The van der Waals surface area contributed by atoms with Gasteiger partial charge in [-0.05, 0) is 24.0 Å². The van der Waals surface area contributed by atoms with Crippen molar-refractivity contribution < 1.29 is 9.13 Å². The van der Waals surface area contributed by atoms with Gasteiger partial charge in [-0.3, -0.25) is 9.89 Å². The standard InChI is InChI=1S/C18H29FN4OS/c1-14(25-3)12-21-18(20-2)22-13-17(23-8-10-24-11-9-23)15-4-6-16(19)7-5-15/h4-7,14,17H,8-13H2,1-3H3,(H2,20,21,22). The van der Waals surface area contributed by atoms with Crippen LogP contribution in [0.5, 0.6) is 0 Å². The quantitative estimate of drug-likeness (QED) is 0.570. The minimum Gasteiger partial charge on any atom is -0.379 e. The molecule has 0 radical (unpaired) electrons. The first-order valence-corrected chi connectivity index (χ1v) is 9.97. The van der Waals surface area contributed by atoms with Crippen LogP contribution >= 0.6 is 11.8 Å². The smallest absolute Gasteiger partial charge is 0.191 e. The highest BCUT2D eigenvalue weighted by atomic mass is 32.2. The summed E-state index contributed by atoms with van der Waals surface area (Å²) in [4.78, 5) is 6.68. The molecule has 1 aromatic rings. The zero-order chi connectivity index (χ0) is 18.1. The summed E-state index contributed by atoms with van der Waals surface area (Å²) in [5.41, 5.74) is 1.10. The number of aliphatic imine (C=N–C) groups is 1. The highest BCUT2D eigenvalue weighted by Crippen LogP contribution is 2.21. The zero-order valence-electron chi connectivity index (χ0n) is 15.3. The van der Waals surface area contributed by atoms with Crippen molar-refractivity contribution in [2.75, 3.05) is 52.7 Å². The monoisotopic (exact) mass is 368 g/mol. The summed E-state index contributed by atoms with van der Waals surface area (Å²) < 4.78 is 18.8. The molecule has 5 nitrogen and oxygen atoms in total. The van der Waals surface area contributed by atoms with Gasteiger partial charge in [0.1, 0.15) is 5.82 Å². The number of morpholine rings is 1. The molecular formula is C18H29FN4OS. The van der Waals surface area contributed by atoms with Gasteiger partial charge in [0.15, 0.2) is 5.96 Å². The van der Waals surface area contributed by atoms with Crippen molar-refractivity contribution in [2.24, 2.45) is 4.99 Å². The number of benzene rings is 1. The number of rotatable bonds is 7. The topological polar surface area (TPSA) is 48.9 Å². The molecule has 0 amide bonds. The predicted molar refractivity (Wildman–Crippen MR) is 104 cm³/mol. The molecule has 1 aliphatic heterocycles. The Labute approximate surface area is 154 Å².